The van der Waals surface area contributed by atoms with Crippen molar-refractivity contribution in [3.05, 3.63) is 88.9 Å². The molecule has 156 valence electrons. The summed E-state index contributed by atoms with van der Waals surface area (Å²) in [6, 6.07) is 23.1. The summed E-state index contributed by atoms with van der Waals surface area (Å²) in [6.07, 6.45) is 1.55. The maximum atomic E-state index is 12.0. The van der Waals surface area contributed by atoms with Gasteiger partial charge >= 0.3 is 0 Å². The third-order valence-electron chi connectivity index (χ3n) is 4.20. The van der Waals surface area contributed by atoms with E-state index in [1.807, 2.05) is 60.7 Å². The average Bonchev–Trinajstić information content (AvgIpc) is 3.21. The highest BCUT2D eigenvalue weighted by atomic mass is 35.5. The van der Waals surface area contributed by atoms with Gasteiger partial charge in [0.2, 0.25) is 0 Å². The lowest BCUT2D eigenvalue weighted by atomic mass is 10.2. The van der Waals surface area contributed by atoms with E-state index in [1.165, 1.54) is 11.8 Å². The second-order valence-corrected chi connectivity index (χ2v) is 9.15. The molecule has 0 saturated carbocycles. The molecule has 0 atom stereocenters. The SMILES string of the molecule is O=C(CSc1nc2ccccc2s1)N/N=C\c1ccc(OCc2ccccc2)c(Cl)c1. The Morgan fingerprint density at radius 3 is 2.74 bits per heavy atom. The van der Waals surface area contributed by atoms with Crippen LogP contribution in [-0.4, -0.2) is 22.9 Å². The first kappa shape index (κ1) is 21.4. The van der Waals surface area contributed by atoms with Crippen molar-refractivity contribution in [2.24, 2.45) is 5.10 Å². The number of nitrogens with one attached hydrogen (secondary N) is 1. The summed E-state index contributed by atoms with van der Waals surface area (Å²) in [5, 5.41) is 4.49. The standard InChI is InChI=1S/C23H18ClN3O2S2/c24-18-12-17(10-11-20(18)29-14-16-6-2-1-3-7-16)13-25-27-22(28)15-30-23-26-19-8-4-5-9-21(19)31-23/h1-13H,14-15H2,(H,27,28)/b25-13-. The summed E-state index contributed by atoms with van der Waals surface area (Å²) in [7, 11) is 0. The number of amides is 1. The highest BCUT2D eigenvalue weighted by Crippen LogP contribution is 2.29. The van der Waals surface area contributed by atoms with Gasteiger partial charge in [-0.05, 0) is 41.5 Å². The summed E-state index contributed by atoms with van der Waals surface area (Å²) >= 11 is 9.27. The molecule has 1 N–H and O–H groups in total. The van der Waals surface area contributed by atoms with E-state index in [2.05, 4.69) is 15.5 Å². The van der Waals surface area contributed by atoms with Gasteiger partial charge in [-0.25, -0.2) is 10.4 Å². The lowest BCUT2D eigenvalue weighted by Crippen LogP contribution is -2.19. The molecule has 0 aliphatic rings. The molecule has 0 spiro atoms. The molecule has 0 saturated heterocycles. The van der Waals surface area contributed by atoms with E-state index in [0.29, 0.717) is 17.4 Å². The molecule has 1 heterocycles. The summed E-state index contributed by atoms with van der Waals surface area (Å²) in [4.78, 5) is 16.5. The fourth-order valence-electron chi connectivity index (χ4n) is 2.70. The van der Waals surface area contributed by atoms with Gasteiger partial charge in [0.1, 0.15) is 12.4 Å². The van der Waals surface area contributed by atoms with Crippen molar-refractivity contribution in [2.45, 2.75) is 10.9 Å². The van der Waals surface area contributed by atoms with E-state index < -0.39 is 0 Å². The van der Waals surface area contributed by atoms with Crippen LogP contribution in [-0.2, 0) is 11.4 Å². The zero-order chi connectivity index (χ0) is 21.5. The summed E-state index contributed by atoms with van der Waals surface area (Å²) < 4.78 is 7.73. The van der Waals surface area contributed by atoms with Crippen LogP contribution < -0.4 is 10.2 Å². The quantitative estimate of drug-likeness (QED) is 0.203. The highest BCUT2D eigenvalue weighted by Gasteiger charge is 2.07. The molecule has 1 amide bonds. The number of benzene rings is 3. The molecule has 0 unspecified atom stereocenters. The minimum Gasteiger partial charge on any atom is -0.487 e. The molecule has 0 aliphatic heterocycles. The molecule has 4 aromatic rings. The Kier molecular flexibility index (Phi) is 7.19. The summed E-state index contributed by atoms with van der Waals surface area (Å²) in [5.41, 5.74) is 5.30. The number of rotatable bonds is 8. The molecule has 0 bridgehead atoms. The normalized spacial score (nSPS) is 11.1. The Balaban J connectivity index is 1.26. The number of hydrogen-bond acceptors (Lipinski definition) is 6. The highest BCUT2D eigenvalue weighted by molar-refractivity contribution is 8.01. The van der Waals surface area contributed by atoms with Crippen LogP contribution >= 0.6 is 34.7 Å². The van der Waals surface area contributed by atoms with Gasteiger partial charge in [0.25, 0.3) is 5.91 Å². The summed E-state index contributed by atoms with van der Waals surface area (Å²) in [6.45, 7) is 0.441. The van der Waals surface area contributed by atoms with E-state index in [9.17, 15) is 4.79 Å². The Labute approximate surface area is 193 Å². The van der Waals surface area contributed by atoms with Crippen LogP contribution in [0.4, 0.5) is 0 Å². The van der Waals surface area contributed by atoms with Gasteiger partial charge in [-0.15, -0.1) is 11.3 Å². The third kappa shape index (κ3) is 6.07. The van der Waals surface area contributed by atoms with Crippen LogP contribution in [0.1, 0.15) is 11.1 Å². The lowest BCUT2D eigenvalue weighted by molar-refractivity contribution is -0.118. The van der Waals surface area contributed by atoms with Gasteiger partial charge in [0.05, 0.1) is 27.2 Å². The van der Waals surface area contributed by atoms with Gasteiger partial charge in [-0.3, -0.25) is 4.79 Å². The number of carbonyl (C=O) groups excluding carboxylic acids is 1. The molecule has 0 fully saturated rings. The van der Waals surface area contributed by atoms with E-state index in [-0.39, 0.29) is 11.7 Å². The molecule has 31 heavy (non-hydrogen) atoms. The van der Waals surface area contributed by atoms with E-state index in [4.69, 9.17) is 16.3 Å². The number of para-hydroxylation sites is 1. The number of hydrazone groups is 1. The van der Waals surface area contributed by atoms with Crippen LogP contribution in [0.2, 0.25) is 5.02 Å². The second-order valence-electron chi connectivity index (χ2n) is 6.49. The van der Waals surface area contributed by atoms with Crippen molar-refractivity contribution < 1.29 is 9.53 Å². The number of thiazole rings is 1. The fraction of sp³-hybridized carbons (Fsp3) is 0.0870. The Hall–Kier alpha value is -2.87. The van der Waals surface area contributed by atoms with Crippen LogP contribution in [0.3, 0.4) is 0 Å². The van der Waals surface area contributed by atoms with E-state index in [0.717, 1.165) is 25.7 Å². The zero-order valence-corrected chi connectivity index (χ0v) is 18.7. The van der Waals surface area contributed by atoms with Gasteiger partial charge in [0, 0.05) is 0 Å². The Morgan fingerprint density at radius 1 is 1.13 bits per heavy atom. The third-order valence-corrected chi connectivity index (χ3v) is 6.67. The number of aromatic nitrogens is 1. The van der Waals surface area contributed by atoms with Crippen LogP contribution in [0, 0.1) is 0 Å². The van der Waals surface area contributed by atoms with Crippen LogP contribution in [0.25, 0.3) is 10.2 Å². The summed E-state index contributed by atoms with van der Waals surface area (Å²) in [5.74, 6) is 0.637. The Bertz CT molecular complexity index is 1180. The lowest BCUT2D eigenvalue weighted by Gasteiger charge is -2.08. The minimum absolute atomic E-state index is 0.200. The first-order valence-electron chi connectivity index (χ1n) is 9.44. The molecule has 3 aromatic carbocycles. The van der Waals surface area contributed by atoms with E-state index in [1.54, 1.807) is 29.7 Å². The number of thioether (sulfide) groups is 1. The monoisotopic (exact) mass is 467 g/mol. The van der Waals surface area contributed by atoms with E-state index >= 15 is 0 Å². The Morgan fingerprint density at radius 2 is 1.94 bits per heavy atom. The molecular weight excluding hydrogens is 450 g/mol. The van der Waals surface area contributed by atoms with Gasteiger partial charge in [-0.2, -0.15) is 5.10 Å². The molecule has 1 aromatic heterocycles. The first-order chi connectivity index (χ1) is 15.2. The largest absolute Gasteiger partial charge is 0.487 e. The molecule has 0 aliphatic carbocycles. The van der Waals surface area contributed by atoms with Crippen molar-refractivity contribution in [2.75, 3.05) is 5.75 Å². The van der Waals surface area contributed by atoms with Gasteiger partial charge < -0.3 is 4.74 Å². The number of ether oxygens (including phenoxy) is 1. The fourth-order valence-corrected chi connectivity index (χ4v) is 4.81. The molecule has 0 radical (unpaired) electrons. The first-order valence-corrected chi connectivity index (χ1v) is 11.6. The topological polar surface area (TPSA) is 63.6 Å². The van der Waals surface area contributed by atoms with Crippen molar-refractivity contribution in [1.29, 1.82) is 0 Å². The van der Waals surface area contributed by atoms with Crippen molar-refractivity contribution >= 4 is 57.0 Å². The maximum absolute atomic E-state index is 12.0. The van der Waals surface area contributed by atoms with Crippen molar-refractivity contribution in [1.82, 2.24) is 10.4 Å². The molecular formula is C23H18ClN3O2S2. The van der Waals surface area contributed by atoms with Crippen molar-refractivity contribution in [3.8, 4) is 5.75 Å². The van der Waals surface area contributed by atoms with Gasteiger partial charge in [0.15, 0.2) is 4.34 Å². The minimum atomic E-state index is -0.200. The van der Waals surface area contributed by atoms with Gasteiger partial charge in [-0.1, -0.05) is 65.8 Å². The molecule has 4 rings (SSSR count). The van der Waals surface area contributed by atoms with Crippen LogP contribution in [0.15, 0.2) is 82.2 Å². The van der Waals surface area contributed by atoms with Crippen molar-refractivity contribution in [3.63, 3.8) is 0 Å². The second kappa shape index (κ2) is 10.4. The number of halogens is 1. The zero-order valence-electron chi connectivity index (χ0n) is 16.3. The maximum Gasteiger partial charge on any atom is 0.250 e. The smallest absolute Gasteiger partial charge is 0.250 e. The number of hydrogen-bond donors (Lipinski definition) is 1. The predicted octanol–water partition coefficient (Wildman–Crippen LogP) is 5.77. The molecule has 8 heteroatoms. The number of carbonyl (C=O) groups is 1. The number of fused-ring (bicyclic) bond motifs is 1. The predicted molar refractivity (Wildman–Crippen MR) is 128 cm³/mol. The molecule has 5 nitrogen and oxygen atoms in total. The van der Waals surface area contributed by atoms with Crippen LogP contribution in [0.5, 0.6) is 5.75 Å². The average molecular weight is 468 g/mol. The number of nitrogens with zero attached hydrogens (tertiary/aromatic N) is 2.